The molecule has 0 aromatic heterocycles. The summed E-state index contributed by atoms with van der Waals surface area (Å²) in [5.41, 5.74) is 0.115. The molecule has 3 aromatic carbocycles. The lowest BCUT2D eigenvalue weighted by molar-refractivity contribution is -0.136. The highest BCUT2D eigenvalue weighted by atomic mass is 35.5. The number of rotatable bonds is 6. The number of benzene rings is 3. The van der Waals surface area contributed by atoms with E-state index in [9.17, 15) is 9.59 Å². The third-order valence-corrected chi connectivity index (χ3v) is 4.05. The molecule has 7 heteroatoms. The van der Waals surface area contributed by atoms with Crippen molar-refractivity contribution in [2.45, 2.75) is 0 Å². The molecule has 0 aliphatic rings. The molecule has 0 aliphatic carbocycles. The second-order valence-electron chi connectivity index (χ2n) is 5.54. The van der Waals surface area contributed by atoms with Crippen molar-refractivity contribution in [3.05, 3.63) is 88.4 Å². The Morgan fingerprint density at radius 2 is 1.50 bits per heavy atom. The molecule has 0 bridgehead atoms. The molecule has 142 valence electrons. The highest BCUT2D eigenvalue weighted by molar-refractivity contribution is 6.35. The van der Waals surface area contributed by atoms with Crippen LogP contribution in [0.2, 0.25) is 10.0 Å². The molecule has 0 unspecified atom stereocenters. The second-order valence-corrected chi connectivity index (χ2v) is 6.38. The fraction of sp³-hybridized carbons (Fsp3) is 0.0476. The fourth-order valence-corrected chi connectivity index (χ4v) is 2.72. The lowest BCUT2D eigenvalue weighted by Gasteiger charge is -2.11. The molecule has 0 radical (unpaired) electrons. The van der Waals surface area contributed by atoms with Gasteiger partial charge >= 0.3 is 11.9 Å². The van der Waals surface area contributed by atoms with E-state index >= 15 is 0 Å². The number of hydrogen-bond acceptors (Lipinski definition) is 5. The maximum atomic E-state index is 12.4. The molecule has 0 aliphatic heterocycles. The molecule has 0 amide bonds. The highest BCUT2D eigenvalue weighted by Gasteiger charge is 2.17. The SMILES string of the molecule is O=C(COc1ccc(Cl)cc1Cl)Oc1ccccc1C(=O)Oc1ccccc1. The zero-order valence-electron chi connectivity index (χ0n) is 14.4. The maximum Gasteiger partial charge on any atom is 0.349 e. The minimum absolute atomic E-state index is 0.0687. The summed E-state index contributed by atoms with van der Waals surface area (Å²) in [7, 11) is 0. The van der Waals surface area contributed by atoms with Gasteiger partial charge in [0.05, 0.1) is 5.02 Å². The minimum Gasteiger partial charge on any atom is -0.480 e. The van der Waals surface area contributed by atoms with Gasteiger partial charge < -0.3 is 14.2 Å². The minimum atomic E-state index is -0.703. The largest absolute Gasteiger partial charge is 0.480 e. The normalized spacial score (nSPS) is 10.2. The molecule has 0 fully saturated rings. The lowest BCUT2D eigenvalue weighted by atomic mass is 10.2. The van der Waals surface area contributed by atoms with Crippen LogP contribution < -0.4 is 14.2 Å². The number of carbonyl (C=O) groups excluding carboxylic acids is 2. The third-order valence-electron chi connectivity index (χ3n) is 3.52. The summed E-state index contributed by atoms with van der Waals surface area (Å²) in [6.45, 7) is -0.399. The molecule has 0 N–H and O–H groups in total. The van der Waals surface area contributed by atoms with E-state index in [-0.39, 0.29) is 16.3 Å². The first-order chi connectivity index (χ1) is 13.5. The average molecular weight is 417 g/mol. The van der Waals surface area contributed by atoms with Crippen LogP contribution >= 0.6 is 23.2 Å². The Balaban J connectivity index is 1.65. The Morgan fingerprint density at radius 3 is 2.25 bits per heavy atom. The van der Waals surface area contributed by atoms with E-state index in [0.717, 1.165) is 0 Å². The monoisotopic (exact) mass is 416 g/mol. The molecular formula is C21H14Cl2O5. The van der Waals surface area contributed by atoms with E-state index in [0.29, 0.717) is 16.5 Å². The van der Waals surface area contributed by atoms with Gasteiger partial charge in [0.1, 0.15) is 22.8 Å². The Bertz CT molecular complexity index is 989. The zero-order valence-corrected chi connectivity index (χ0v) is 15.9. The molecule has 3 rings (SSSR count). The predicted octanol–water partition coefficient (Wildman–Crippen LogP) is 5.20. The summed E-state index contributed by atoms with van der Waals surface area (Å²) in [5.74, 6) is -0.601. The Kier molecular flexibility index (Phi) is 6.53. The molecule has 3 aromatic rings. The van der Waals surface area contributed by atoms with E-state index in [4.69, 9.17) is 37.4 Å². The van der Waals surface area contributed by atoms with Gasteiger partial charge in [0, 0.05) is 5.02 Å². The van der Waals surface area contributed by atoms with Gasteiger partial charge in [-0.25, -0.2) is 9.59 Å². The summed E-state index contributed by atoms with van der Waals surface area (Å²) in [6.07, 6.45) is 0. The fourth-order valence-electron chi connectivity index (χ4n) is 2.26. The molecule has 0 saturated heterocycles. The molecule has 0 heterocycles. The summed E-state index contributed by atoms with van der Waals surface area (Å²) < 4.78 is 15.9. The standard InChI is InChI=1S/C21H14Cl2O5/c22-14-10-11-19(17(23)12-14)26-13-20(24)28-18-9-5-4-8-16(18)21(25)27-15-6-2-1-3-7-15/h1-12H,13H2. The molecule has 0 spiro atoms. The Hall–Kier alpha value is -3.02. The van der Waals surface area contributed by atoms with Gasteiger partial charge in [-0.15, -0.1) is 0 Å². The summed E-state index contributed by atoms with van der Waals surface area (Å²) in [5, 5.41) is 0.720. The maximum absolute atomic E-state index is 12.4. The van der Waals surface area contributed by atoms with Crippen LogP contribution in [0.4, 0.5) is 0 Å². The zero-order chi connectivity index (χ0) is 19.9. The molecule has 0 atom stereocenters. The van der Waals surface area contributed by atoms with Crippen LogP contribution in [0.15, 0.2) is 72.8 Å². The van der Waals surface area contributed by atoms with Crippen LogP contribution in [0.25, 0.3) is 0 Å². The van der Waals surface area contributed by atoms with Gasteiger partial charge in [-0.05, 0) is 42.5 Å². The van der Waals surface area contributed by atoms with Crippen molar-refractivity contribution in [1.82, 2.24) is 0 Å². The lowest BCUT2D eigenvalue weighted by Crippen LogP contribution is -2.20. The van der Waals surface area contributed by atoms with Crippen molar-refractivity contribution in [3.63, 3.8) is 0 Å². The topological polar surface area (TPSA) is 61.8 Å². The second kappa shape index (κ2) is 9.26. The van der Waals surface area contributed by atoms with Gasteiger partial charge in [0.15, 0.2) is 6.61 Å². The van der Waals surface area contributed by atoms with Crippen molar-refractivity contribution in [2.75, 3.05) is 6.61 Å². The van der Waals surface area contributed by atoms with Crippen LogP contribution in [0.3, 0.4) is 0 Å². The van der Waals surface area contributed by atoms with Gasteiger partial charge in [0.2, 0.25) is 0 Å². The van der Waals surface area contributed by atoms with E-state index in [1.807, 2.05) is 0 Å². The summed E-state index contributed by atoms with van der Waals surface area (Å²) >= 11 is 11.8. The van der Waals surface area contributed by atoms with Crippen LogP contribution in [-0.2, 0) is 4.79 Å². The van der Waals surface area contributed by atoms with E-state index in [1.165, 1.54) is 18.2 Å². The van der Waals surface area contributed by atoms with Crippen molar-refractivity contribution in [3.8, 4) is 17.2 Å². The van der Waals surface area contributed by atoms with Gasteiger partial charge in [-0.2, -0.15) is 0 Å². The highest BCUT2D eigenvalue weighted by Crippen LogP contribution is 2.27. The van der Waals surface area contributed by atoms with Crippen molar-refractivity contribution < 1.29 is 23.8 Å². The molecular weight excluding hydrogens is 403 g/mol. The quantitative estimate of drug-likeness (QED) is 0.408. The Labute approximate surface area is 171 Å². The summed E-state index contributed by atoms with van der Waals surface area (Å²) in [6, 6.07) is 19.5. The number of hydrogen-bond donors (Lipinski definition) is 0. The number of ether oxygens (including phenoxy) is 3. The average Bonchev–Trinajstić information content (AvgIpc) is 2.68. The van der Waals surface area contributed by atoms with Crippen molar-refractivity contribution in [2.24, 2.45) is 0 Å². The number of esters is 2. The van der Waals surface area contributed by atoms with Crippen LogP contribution in [-0.4, -0.2) is 18.5 Å². The number of carbonyl (C=O) groups is 2. The van der Waals surface area contributed by atoms with Gasteiger partial charge in [-0.3, -0.25) is 0 Å². The Morgan fingerprint density at radius 1 is 0.786 bits per heavy atom. The first kappa shape index (κ1) is 19.7. The first-order valence-electron chi connectivity index (χ1n) is 8.18. The first-order valence-corrected chi connectivity index (χ1v) is 8.93. The van der Waals surface area contributed by atoms with Gasteiger partial charge in [0.25, 0.3) is 0 Å². The van der Waals surface area contributed by atoms with Gasteiger partial charge in [-0.1, -0.05) is 53.5 Å². The van der Waals surface area contributed by atoms with Crippen LogP contribution in [0, 0.1) is 0 Å². The molecule has 28 heavy (non-hydrogen) atoms. The van der Waals surface area contributed by atoms with Crippen molar-refractivity contribution in [1.29, 1.82) is 0 Å². The van der Waals surface area contributed by atoms with E-state index in [1.54, 1.807) is 54.6 Å². The van der Waals surface area contributed by atoms with Crippen LogP contribution in [0.5, 0.6) is 17.2 Å². The van der Waals surface area contributed by atoms with E-state index < -0.39 is 18.5 Å². The summed E-state index contributed by atoms with van der Waals surface area (Å²) in [4.78, 5) is 24.5. The number of para-hydroxylation sites is 2. The predicted molar refractivity (Wildman–Crippen MR) is 105 cm³/mol. The van der Waals surface area contributed by atoms with Crippen molar-refractivity contribution >= 4 is 35.1 Å². The molecule has 0 saturated carbocycles. The van der Waals surface area contributed by atoms with E-state index in [2.05, 4.69) is 0 Å². The smallest absolute Gasteiger partial charge is 0.349 e. The number of halogens is 2. The van der Waals surface area contributed by atoms with Crippen LogP contribution in [0.1, 0.15) is 10.4 Å². The third kappa shape index (κ3) is 5.25. The molecule has 5 nitrogen and oxygen atoms in total.